The molecule has 2 aromatic heterocycles. The van der Waals surface area contributed by atoms with Gasteiger partial charge in [0.05, 0.1) is 10.4 Å². The fourth-order valence-corrected chi connectivity index (χ4v) is 4.26. The van der Waals surface area contributed by atoms with Crippen LogP contribution in [0.15, 0.2) is 10.6 Å². The molecule has 0 spiro atoms. The van der Waals surface area contributed by atoms with E-state index in [4.69, 9.17) is 10.3 Å². The van der Waals surface area contributed by atoms with E-state index in [1.54, 1.807) is 11.3 Å². The Kier molecular flexibility index (Phi) is 3.41. The topological polar surface area (TPSA) is 64.9 Å². The summed E-state index contributed by atoms with van der Waals surface area (Å²) >= 11 is 3.75. The summed E-state index contributed by atoms with van der Waals surface area (Å²) in [5.74, 6) is 3.49. The molecule has 1 aliphatic heterocycles. The van der Waals surface area contributed by atoms with Crippen LogP contribution in [-0.2, 0) is 17.7 Å². The van der Waals surface area contributed by atoms with Crippen LogP contribution in [0.2, 0.25) is 0 Å². The van der Waals surface area contributed by atoms with Crippen LogP contribution in [0.5, 0.6) is 0 Å². The fourth-order valence-electron chi connectivity index (χ4n) is 1.97. The number of aryl methyl sites for hydroxylation is 1. The van der Waals surface area contributed by atoms with Crippen LogP contribution in [0.1, 0.15) is 36.5 Å². The van der Waals surface area contributed by atoms with Crippen molar-refractivity contribution in [2.75, 3.05) is 5.75 Å². The van der Waals surface area contributed by atoms with E-state index in [0.29, 0.717) is 11.7 Å². The van der Waals surface area contributed by atoms with Gasteiger partial charge in [-0.1, -0.05) is 12.1 Å². The first-order valence-corrected chi connectivity index (χ1v) is 8.40. The number of thiophene rings is 1. The smallest absolute Gasteiger partial charge is 0.268 e. The highest BCUT2D eigenvalue weighted by Gasteiger charge is 2.26. The molecule has 3 rings (SSSR count). The maximum Gasteiger partial charge on any atom is 0.268 e. The summed E-state index contributed by atoms with van der Waals surface area (Å²) in [4.78, 5) is 6.99. The summed E-state index contributed by atoms with van der Waals surface area (Å²) in [7, 11) is 0. The van der Waals surface area contributed by atoms with E-state index in [0.717, 1.165) is 23.5 Å². The minimum Gasteiger partial charge on any atom is -0.333 e. The predicted octanol–water partition coefficient (Wildman–Crippen LogP) is 3.17. The molecule has 0 saturated carbocycles. The Hall–Kier alpha value is -0.850. The van der Waals surface area contributed by atoms with Crippen LogP contribution < -0.4 is 5.73 Å². The van der Waals surface area contributed by atoms with E-state index < -0.39 is 5.54 Å². The minimum absolute atomic E-state index is 0.519. The van der Waals surface area contributed by atoms with Gasteiger partial charge in [0.2, 0.25) is 0 Å². The molecule has 3 heterocycles. The maximum absolute atomic E-state index is 6.14. The second-order valence-electron chi connectivity index (χ2n) is 5.06. The second-order valence-corrected chi connectivity index (χ2v) is 7.30. The third-order valence-electron chi connectivity index (χ3n) is 3.51. The monoisotopic (exact) mass is 295 g/mol. The zero-order chi connectivity index (χ0) is 13.5. The Morgan fingerprint density at radius 1 is 1.53 bits per heavy atom. The first-order valence-electron chi connectivity index (χ1n) is 6.43. The predicted molar refractivity (Wildman–Crippen MR) is 79.3 cm³/mol. The number of aromatic nitrogens is 2. The SMILES string of the molecule is CCC(C)(N)c1noc(-c2cc3c(s2)CCSC3)n1. The Morgan fingerprint density at radius 2 is 2.37 bits per heavy atom. The molecule has 0 fully saturated rings. The van der Waals surface area contributed by atoms with Crippen LogP contribution in [-0.4, -0.2) is 15.9 Å². The van der Waals surface area contributed by atoms with Crippen LogP contribution in [0.4, 0.5) is 0 Å². The molecular weight excluding hydrogens is 278 g/mol. The van der Waals surface area contributed by atoms with Crippen molar-refractivity contribution < 1.29 is 4.52 Å². The van der Waals surface area contributed by atoms with Crippen molar-refractivity contribution in [3.05, 3.63) is 22.3 Å². The molecule has 0 aromatic carbocycles. The molecule has 2 N–H and O–H groups in total. The quantitative estimate of drug-likeness (QED) is 0.942. The molecule has 0 amide bonds. The van der Waals surface area contributed by atoms with Crippen molar-refractivity contribution in [3.63, 3.8) is 0 Å². The molecule has 0 aliphatic carbocycles. The largest absolute Gasteiger partial charge is 0.333 e. The molecule has 2 aromatic rings. The molecule has 0 radical (unpaired) electrons. The number of nitrogens with zero attached hydrogens (tertiary/aromatic N) is 2. The van der Waals surface area contributed by atoms with Crippen LogP contribution >= 0.6 is 23.1 Å². The van der Waals surface area contributed by atoms with E-state index in [9.17, 15) is 0 Å². The first-order chi connectivity index (χ1) is 9.10. The van der Waals surface area contributed by atoms with E-state index in [1.165, 1.54) is 16.2 Å². The normalized spacial score (nSPS) is 18.1. The Labute approximate surface area is 120 Å². The van der Waals surface area contributed by atoms with Crippen LogP contribution in [0.25, 0.3) is 10.8 Å². The summed E-state index contributed by atoms with van der Waals surface area (Å²) in [6.07, 6.45) is 1.93. The molecule has 0 bridgehead atoms. The molecule has 6 heteroatoms. The van der Waals surface area contributed by atoms with Gasteiger partial charge >= 0.3 is 0 Å². The van der Waals surface area contributed by atoms with Crippen molar-refractivity contribution in [2.24, 2.45) is 5.73 Å². The zero-order valence-corrected chi connectivity index (χ0v) is 12.7. The highest BCUT2D eigenvalue weighted by Crippen LogP contribution is 2.36. The Balaban J connectivity index is 1.92. The lowest BCUT2D eigenvalue weighted by molar-refractivity contribution is 0.379. The van der Waals surface area contributed by atoms with Gasteiger partial charge in [-0.05, 0) is 37.1 Å². The molecule has 1 unspecified atom stereocenters. The lowest BCUT2D eigenvalue weighted by Gasteiger charge is -2.16. The number of fused-ring (bicyclic) bond motifs is 1. The van der Waals surface area contributed by atoms with E-state index in [2.05, 4.69) is 16.2 Å². The van der Waals surface area contributed by atoms with Gasteiger partial charge in [0.25, 0.3) is 5.89 Å². The van der Waals surface area contributed by atoms with Gasteiger partial charge < -0.3 is 10.3 Å². The standard InChI is InChI=1S/C13H17N3OS2/c1-3-13(2,14)12-15-11(17-16-12)10-6-8-7-18-5-4-9(8)19-10/h6H,3-5,7,14H2,1-2H3. The van der Waals surface area contributed by atoms with Gasteiger partial charge in [-0.15, -0.1) is 11.3 Å². The van der Waals surface area contributed by atoms with Gasteiger partial charge in [0.15, 0.2) is 5.82 Å². The average molecular weight is 295 g/mol. The van der Waals surface area contributed by atoms with Crippen LogP contribution in [0, 0.1) is 0 Å². The van der Waals surface area contributed by atoms with Crippen molar-refractivity contribution in [2.45, 2.75) is 38.0 Å². The summed E-state index contributed by atoms with van der Waals surface area (Å²) in [5.41, 5.74) is 7.04. The third kappa shape index (κ3) is 2.44. The Bertz CT molecular complexity index is 565. The van der Waals surface area contributed by atoms with Crippen molar-refractivity contribution in [1.29, 1.82) is 0 Å². The van der Waals surface area contributed by atoms with E-state index >= 15 is 0 Å². The summed E-state index contributed by atoms with van der Waals surface area (Å²) in [5, 5.41) is 4.03. The molecule has 1 atom stereocenters. The number of hydrogen-bond donors (Lipinski definition) is 1. The molecular formula is C13H17N3OS2. The number of rotatable bonds is 3. The van der Waals surface area contributed by atoms with Gasteiger partial charge in [0.1, 0.15) is 0 Å². The highest BCUT2D eigenvalue weighted by molar-refractivity contribution is 7.98. The van der Waals surface area contributed by atoms with Crippen LogP contribution in [0.3, 0.4) is 0 Å². The first kappa shape index (κ1) is 13.1. The van der Waals surface area contributed by atoms with Gasteiger partial charge in [0, 0.05) is 10.6 Å². The molecule has 19 heavy (non-hydrogen) atoms. The molecule has 102 valence electrons. The second kappa shape index (κ2) is 4.92. The molecule has 4 nitrogen and oxygen atoms in total. The van der Waals surface area contributed by atoms with E-state index in [-0.39, 0.29) is 0 Å². The average Bonchev–Trinajstić information content (AvgIpc) is 3.05. The van der Waals surface area contributed by atoms with Gasteiger partial charge in [-0.2, -0.15) is 16.7 Å². The third-order valence-corrected chi connectivity index (χ3v) is 5.74. The summed E-state index contributed by atoms with van der Waals surface area (Å²) < 4.78 is 5.38. The maximum atomic E-state index is 6.14. The Morgan fingerprint density at radius 3 is 3.11 bits per heavy atom. The summed E-state index contributed by atoms with van der Waals surface area (Å²) in [6, 6.07) is 2.18. The summed E-state index contributed by atoms with van der Waals surface area (Å²) in [6.45, 7) is 3.95. The molecule has 0 saturated heterocycles. The van der Waals surface area contributed by atoms with Crippen molar-refractivity contribution in [3.8, 4) is 10.8 Å². The minimum atomic E-state index is -0.519. The highest BCUT2D eigenvalue weighted by atomic mass is 32.2. The zero-order valence-electron chi connectivity index (χ0n) is 11.1. The van der Waals surface area contributed by atoms with Crippen molar-refractivity contribution in [1.82, 2.24) is 10.1 Å². The van der Waals surface area contributed by atoms with E-state index in [1.807, 2.05) is 25.6 Å². The van der Waals surface area contributed by atoms with Crippen molar-refractivity contribution >= 4 is 23.1 Å². The van der Waals surface area contributed by atoms with Gasteiger partial charge in [-0.3, -0.25) is 0 Å². The number of nitrogens with two attached hydrogens (primary N) is 1. The lowest BCUT2D eigenvalue weighted by atomic mass is 10.0. The van der Waals surface area contributed by atoms with Gasteiger partial charge in [-0.25, -0.2) is 0 Å². The number of thioether (sulfide) groups is 1. The lowest BCUT2D eigenvalue weighted by Crippen LogP contribution is -2.33. The molecule has 1 aliphatic rings. The number of hydrogen-bond acceptors (Lipinski definition) is 6. The fraction of sp³-hybridized carbons (Fsp3) is 0.538.